The van der Waals surface area contributed by atoms with Crippen LogP contribution in [0.2, 0.25) is 0 Å². The third-order valence-corrected chi connectivity index (χ3v) is 5.80. The van der Waals surface area contributed by atoms with Crippen LogP contribution in [0.5, 0.6) is 5.75 Å². The summed E-state index contributed by atoms with van der Waals surface area (Å²) in [6, 6.07) is 8.24. The SMILES string of the molecule is CCOc1ccc(CC(=O)NC2CCCCC2CN2CCCCC2)cc1. The summed E-state index contributed by atoms with van der Waals surface area (Å²) in [4.78, 5) is 15.2. The third kappa shape index (κ3) is 5.73. The minimum absolute atomic E-state index is 0.157. The van der Waals surface area contributed by atoms with Crippen LogP contribution in [0.3, 0.4) is 0 Å². The van der Waals surface area contributed by atoms with Crippen LogP contribution in [-0.2, 0) is 11.2 Å². The minimum atomic E-state index is 0.157. The quantitative estimate of drug-likeness (QED) is 0.806. The summed E-state index contributed by atoms with van der Waals surface area (Å²) in [5, 5.41) is 3.35. The molecule has 0 spiro atoms. The predicted molar refractivity (Wildman–Crippen MR) is 105 cm³/mol. The first-order chi connectivity index (χ1) is 12.7. The van der Waals surface area contributed by atoms with Crippen molar-refractivity contribution in [3.8, 4) is 5.75 Å². The fourth-order valence-corrected chi connectivity index (χ4v) is 4.40. The van der Waals surface area contributed by atoms with Crippen molar-refractivity contribution in [2.75, 3.05) is 26.2 Å². The van der Waals surface area contributed by atoms with Gasteiger partial charge in [-0.2, -0.15) is 0 Å². The van der Waals surface area contributed by atoms with Gasteiger partial charge in [-0.3, -0.25) is 4.79 Å². The molecule has 1 aromatic rings. The van der Waals surface area contributed by atoms with Crippen molar-refractivity contribution in [1.29, 1.82) is 0 Å². The van der Waals surface area contributed by atoms with E-state index in [9.17, 15) is 4.79 Å². The zero-order valence-electron chi connectivity index (χ0n) is 16.2. The van der Waals surface area contributed by atoms with Gasteiger partial charge in [-0.05, 0) is 69.3 Å². The highest BCUT2D eigenvalue weighted by Gasteiger charge is 2.28. The number of hydrogen-bond donors (Lipinski definition) is 1. The summed E-state index contributed by atoms with van der Waals surface area (Å²) < 4.78 is 5.47. The Balaban J connectivity index is 1.50. The van der Waals surface area contributed by atoms with Gasteiger partial charge in [0.25, 0.3) is 0 Å². The number of rotatable bonds is 7. The first-order valence-electron chi connectivity index (χ1n) is 10.5. The molecule has 144 valence electrons. The van der Waals surface area contributed by atoms with Gasteiger partial charge in [-0.1, -0.05) is 31.4 Å². The summed E-state index contributed by atoms with van der Waals surface area (Å²) in [7, 11) is 0. The van der Waals surface area contributed by atoms with E-state index in [4.69, 9.17) is 4.74 Å². The Morgan fingerprint density at radius 3 is 2.54 bits per heavy atom. The van der Waals surface area contributed by atoms with Crippen molar-refractivity contribution in [3.63, 3.8) is 0 Å². The maximum Gasteiger partial charge on any atom is 0.224 e. The van der Waals surface area contributed by atoms with Crippen LogP contribution in [0, 0.1) is 5.92 Å². The first kappa shape index (κ1) is 19.2. The van der Waals surface area contributed by atoms with Crippen LogP contribution in [0.1, 0.15) is 57.4 Å². The number of amides is 1. The Bertz CT molecular complexity index is 552. The van der Waals surface area contributed by atoms with Gasteiger partial charge in [0.05, 0.1) is 13.0 Å². The molecule has 3 rings (SSSR count). The summed E-state index contributed by atoms with van der Waals surface area (Å²) in [5.41, 5.74) is 1.05. The summed E-state index contributed by atoms with van der Waals surface area (Å²) in [5.74, 6) is 1.64. The molecule has 1 amide bonds. The molecule has 1 aliphatic carbocycles. The van der Waals surface area contributed by atoms with Crippen molar-refractivity contribution < 1.29 is 9.53 Å². The van der Waals surface area contributed by atoms with Crippen molar-refractivity contribution in [1.82, 2.24) is 10.2 Å². The second-order valence-electron chi connectivity index (χ2n) is 7.83. The second kappa shape index (κ2) is 9.96. The number of carbonyl (C=O) groups excluding carboxylic acids is 1. The third-order valence-electron chi connectivity index (χ3n) is 5.80. The van der Waals surface area contributed by atoms with E-state index in [1.54, 1.807) is 0 Å². The monoisotopic (exact) mass is 358 g/mol. The van der Waals surface area contributed by atoms with E-state index in [0.29, 0.717) is 25.0 Å². The number of carbonyl (C=O) groups is 1. The molecule has 1 saturated heterocycles. The molecule has 2 unspecified atom stereocenters. The van der Waals surface area contributed by atoms with Gasteiger partial charge in [-0.25, -0.2) is 0 Å². The van der Waals surface area contributed by atoms with Crippen LogP contribution < -0.4 is 10.1 Å². The largest absolute Gasteiger partial charge is 0.494 e. The van der Waals surface area contributed by atoms with Gasteiger partial charge < -0.3 is 15.0 Å². The molecular formula is C22H34N2O2. The second-order valence-corrected chi connectivity index (χ2v) is 7.83. The molecule has 2 fully saturated rings. The standard InChI is InChI=1S/C22H34N2O2/c1-2-26-20-12-10-18(11-13-20)16-22(25)23-21-9-5-4-8-19(21)17-24-14-6-3-7-15-24/h10-13,19,21H,2-9,14-17H2,1H3,(H,23,25). The van der Waals surface area contributed by atoms with Crippen molar-refractivity contribution >= 4 is 5.91 Å². The van der Waals surface area contributed by atoms with Crippen LogP contribution in [0.25, 0.3) is 0 Å². The molecule has 1 heterocycles. The van der Waals surface area contributed by atoms with Crippen molar-refractivity contribution in [2.45, 2.75) is 64.3 Å². The number of nitrogens with one attached hydrogen (secondary N) is 1. The molecule has 4 nitrogen and oxygen atoms in total. The maximum absolute atomic E-state index is 12.6. The lowest BCUT2D eigenvalue weighted by Gasteiger charge is -2.37. The highest BCUT2D eigenvalue weighted by Crippen LogP contribution is 2.26. The predicted octanol–water partition coefficient (Wildman–Crippen LogP) is 3.79. The van der Waals surface area contributed by atoms with E-state index >= 15 is 0 Å². The molecule has 2 atom stereocenters. The van der Waals surface area contributed by atoms with E-state index in [-0.39, 0.29) is 5.91 Å². The number of ether oxygens (including phenoxy) is 1. The lowest BCUT2D eigenvalue weighted by atomic mass is 9.83. The average molecular weight is 359 g/mol. The summed E-state index contributed by atoms with van der Waals surface area (Å²) in [6.07, 6.45) is 9.44. The first-order valence-corrected chi connectivity index (χ1v) is 10.5. The van der Waals surface area contributed by atoms with E-state index in [1.807, 2.05) is 31.2 Å². The van der Waals surface area contributed by atoms with E-state index in [2.05, 4.69) is 10.2 Å². The summed E-state index contributed by atoms with van der Waals surface area (Å²) in [6.45, 7) is 6.28. The van der Waals surface area contributed by atoms with E-state index < -0.39 is 0 Å². The van der Waals surface area contributed by atoms with E-state index in [1.165, 1.54) is 51.6 Å². The molecule has 1 aliphatic heterocycles. The number of benzene rings is 1. The molecule has 1 aromatic carbocycles. The van der Waals surface area contributed by atoms with E-state index in [0.717, 1.165) is 24.3 Å². The van der Waals surface area contributed by atoms with Crippen molar-refractivity contribution in [3.05, 3.63) is 29.8 Å². The minimum Gasteiger partial charge on any atom is -0.494 e. The maximum atomic E-state index is 12.6. The molecule has 0 aromatic heterocycles. The van der Waals surface area contributed by atoms with Gasteiger partial charge in [0.2, 0.25) is 5.91 Å². The van der Waals surface area contributed by atoms with Crippen molar-refractivity contribution in [2.24, 2.45) is 5.92 Å². The molecule has 26 heavy (non-hydrogen) atoms. The zero-order chi connectivity index (χ0) is 18.2. The van der Waals surface area contributed by atoms with Gasteiger partial charge in [-0.15, -0.1) is 0 Å². The molecular weight excluding hydrogens is 324 g/mol. The van der Waals surface area contributed by atoms with Crippen LogP contribution in [-0.4, -0.2) is 43.1 Å². The Labute approximate surface area is 158 Å². The van der Waals surface area contributed by atoms with Gasteiger partial charge >= 0.3 is 0 Å². The Hall–Kier alpha value is -1.55. The average Bonchev–Trinajstić information content (AvgIpc) is 2.66. The topological polar surface area (TPSA) is 41.6 Å². The molecule has 2 aliphatic rings. The molecule has 1 saturated carbocycles. The van der Waals surface area contributed by atoms with Gasteiger partial charge in [0.15, 0.2) is 0 Å². The highest BCUT2D eigenvalue weighted by molar-refractivity contribution is 5.78. The van der Waals surface area contributed by atoms with Crippen LogP contribution in [0.15, 0.2) is 24.3 Å². The number of hydrogen-bond acceptors (Lipinski definition) is 3. The lowest BCUT2D eigenvalue weighted by molar-refractivity contribution is -0.121. The molecule has 1 N–H and O–H groups in total. The number of nitrogens with zero attached hydrogens (tertiary/aromatic N) is 1. The van der Waals surface area contributed by atoms with Gasteiger partial charge in [0.1, 0.15) is 5.75 Å². The fraction of sp³-hybridized carbons (Fsp3) is 0.682. The molecule has 0 radical (unpaired) electrons. The zero-order valence-corrected chi connectivity index (χ0v) is 16.2. The fourth-order valence-electron chi connectivity index (χ4n) is 4.40. The van der Waals surface area contributed by atoms with Crippen LogP contribution >= 0.6 is 0 Å². The van der Waals surface area contributed by atoms with Crippen LogP contribution in [0.4, 0.5) is 0 Å². The highest BCUT2D eigenvalue weighted by atomic mass is 16.5. The Kier molecular flexibility index (Phi) is 7.36. The smallest absolute Gasteiger partial charge is 0.224 e. The lowest BCUT2D eigenvalue weighted by Crippen LogP contribution is -2.47. The normalized spacial score (nSPS) is 24.2. The Morgan fingerprint density at radius 1 is 1.08 bits per heavy atom. The number of piperidine rings is 1. The molecule has 4 heteroatoms. The molecule has 0 bridgehead atoms. The Morgan fingerprint density at radius 2 is 1.81 bits per heavy atom. The van der Waals surface area contributed by atoms with Gasteiger partial charge in [0, 0.05) is 12.6 Å². The summed E-state index contributed by atoms with van der Waals surface area (Å²) >= 11 is 0. The number of likely N-dealkylation sites (tertiary alicyclic amines) is 1.